The maximum atomic E-state index is 5.56. The van der Waals surface area contributed by atoms with E-state index in [-0.39, 0.29) is 0 Å². The van der Waals surface area contributed by atoms with Gasteiger partial charge < -0.3 is 9.57 Å². The molecule has 0 aliphatic carbocycles. The SMILES string of the molecule is NOCCCCCCOc1ccccc1. The first kappa shape index (κ1) is 12.0. The maximum absolute atomic E-state index is 5.56. The molecule has 1 aromatic carbocycles. The fourth-order valence-electron chi connectivity index (χ4n) is 1.35. The van der Waals surface area contributed by atoms with E-state index in [0.29, 0.717) is 6.61 Å². The van der Waals surface area contributed by atoms with Crippen LogP contribution in [0.2, 0.25) is 0 Å². The summed E-state index contributed by atoms with van der Waals surface area (Å²) >= 11 is 0. The molecule has 1 rings (SSSR count). The van der Waals surface area contributed by atoms with Gasteiger partial charge in [-0.3, -0.25) is 0 Å². The molecule has 0 aliphatic rings. The van der Waals surface area contributed by atoms with Crippen molar-refractivity contribution in [2.45, 2.75) is 25.7 Å². The topological polar surface area (TPSA) is 44.5 Å². The van der Waals surface area contributed by atoms with Crippen LogP contribution in [0.15, 0.2) is 30.3 Å². The third kappa shape index (κ3) is 6.10. The molecular formula is C12H19NO2. The van der Waals surface area contributed by atoms with Crippen LogP contribution >= 0.6 is 0 Å². The van der Waals surface area contributed by atoms with E-state index in [1.54, 1.807) is 0 Å². The Kier molecular flexibility index (Phi) is 6.62. The number of unbranched alkanes of at least 4 members (excludes halogenated alkanes) is 3. The molecule has 0 radical (unpaired) electrons. The molecule has 0 bridgehead atoms. The summed E-state index contributed by atoms with van der Waals surface area (Å²) < 4.78 is 5.56. The number of ether oxygens (including phenoxy) is 1. The second-order valence-electron chi connectivity index (χ2n) is 3.45. The van der Waals surface area contributed by atoms with Gasteiger partial charge >= 0.3 is 0 Å². The molecule has 3 nitrogen and oxygen atoms in total. The highest BCUT2D eigenvalue weighted by Gasteiger charge is 1.92. The van der Waals surface area contributed by atoms with Crippen molar-refractivity contribution in [3.05, 3.63) is 30.3 Å². The minimum Gasteiger partial charge on any atom is -0.494 e. The molecule has 0 atom stereocenters. The van der Waals surface area contributed by atoms with E-state index < -0.39 is 0 Å². The average molecular weight is 209 g/mol. The minimum atomic E-state index is 0.652. The first-order valence-electron chi connectivity index (χ1n) is 5.43. The van der Waals surface area contributed by atoms with Crippen LogP contribution in [0.1, 0.15) is 25.7 Å². The van der Waals surface area contributed by atoms with Crippen LogP contribution in [-0.2, 0) is 4.84 Å². The summed E-state index contributed by atoms with van der Waals surface area (Å²) in [5.74, 6) is 5.87. The smallest absolute Gasteiger partial charge is 0.119 e. The van der Waals surface area contributed by atoms with Crippen molar-refractivity contribution in [1.82, 2.24) is 0 Å². The van der Waals surface area contributed by atoms with E-state index in [1.165, 1.54) is 0 Å². The van der Waals surface area contributed by atoms with Crippen LogP contribution in [0.3, 0.4) is 0 Å². The highest BCUT2D eigenvalue weighted by Crippen LogP contribution is 2.09. The summed E-state index contributed by atoms with van der Waals surface area (Å²) in [5.41, 5.74) is 0. The molecule has 0 unspecified atom stereocenters. The zero-order chi connectivity index (χ0) is 10.8. The Balaban J connectivity index is 1.93. The summed E-state index contributed by atoms with van der Waals surface area (Å²) in [6, 6.07) is 9.89. The summed E-state index contributed by atoms with van der Waals surface area (Å²) in [7, 11) is 0. The number of benzene rings is 1. The zero-order valence-corrected chi connectivity index (χ0v) is 9.02. The highest BCUT2D eigenvalue weighted by molar-refractivity contribution is 5.20. The number of nitrogens with two attached hydrogens (primary N) is 1. The summed E-state index contributed by atoms with van der Waals surface area (Å²) in [4.78, 5) is 4.49. The van der Waals surface area contributed by atoms with E-state index in [0.717, 1.165) is 38.0 Å². The van der Waals surface area contributed by atoms with E-state index in [4.69, 9.17) is 10.6 Å². The number of para-hydroxylation sites is 1. The van der Waals surface area contributed by atoms with Gasteiger partial charge in [-0.05, 0) is 31.4 Å². The molecule has 0 heterocycles. The predicted octanol–water partition coefficient (Wildman–Crippen LogP) is 2.52. The van der Waals surface area contributed by atoms with Crippen molar-refractivity contribution >= 4 is 0 Å². The van der Waals surface area contributed by atoms with Crippen LogP contribution in [0.4, 0.5) is 0 Å². The quantitative estimate of drug-likeness (QED) is 0.528. The lowest BCUT2D eigenvalue weighted by Gasteiger charge is -2.05. The normalized spacial score (nSPS) is 10.2. The predicted molar refractivity (Wildman–Crippen MR) is 60.5 cm³/mol. The third-order valence-corrected chi connectivity index (χ3v) is 2.17. The lowest BCUT2D eigenvalue weighted by molar-refractivity contribution is 0.133. The molecule has 3 heteroatoms. The zero-order valence-electron chi connectivity index (χ0n) is 9.02. The van der Waals surface area contributed by atoms with Gasteiger partial charge in [0.05, 0.1) is 13.2 Å². The summed E-state index contributed by atoms with van der Waals surface area (Å²) in [6.45, 7) is 1.44. The molecule has 0 aromatic heterocycles. The Hall–Kier alpha value is -1.06. The molecule has 0 aliphatic heterocycles. The fraction of sp³-hybridized carbons (Fsp3) is 0.500. The standard InChI is InChI=1S/C12H19NO2/c13-15-11-7-2-1-6-10-14-12-8-4-3-5-9-12/h3-5,8-9H,1-2,6-7,10-11,13H2. The Morgan fingerprint density at radius 1 is 0.867 bits per heavy atom. The molecule has 84 valence electrons. The Morgan fingerprint density at radius 3 is 2.20 bits per heavy atom. The summed E-state index contributed by atoms with van der Waals surface area (Å²) in [6.07, 6.45) is 4.42. The number of rotatable bonds is 8. The molecule has 2 N–H and O–H groups in total. The highest BCUT2D eigenvalue weighted by atomic mass is 16.6. The number of hydrogen-bond donors (Lipinski definition) is 1. The van der Waals surface area contributed by atoms with Gasteiger partial charge in [-0.1, -0.05) is 24.6 Å². The van der Waals surface area contributed by atoms with Crippen molar-refractivity contribution in [3.8, 4) is 5.75 Å². The maximum Gasteiger partial charge on any atom is 0.119 e. The molecule has 0 saturated heterocycles. The first-order chi connectivity index (χ1) is 7.43. The average Bonchev–Trinajstić information content (AvgIpc) is 2.29. The van der Waals surface area contributed by atoms with Crippen LogP contribution in [0.5, 0.6) is 5.75 Å². The van der Waals surface area contributed by atoms with E-state index in [2.05, 4.69) is 4.84 Å². The van der Waals surface area contributed by atoms with E-state index in [1.807, 2.05) is 30.3 Å². The Bertz CT molecular complexity index is 239. The van der Waals surface area contributed by atoms with Crippen LogP contribution in [0, 0.1) is 0 Å². The van der Waals surface area contributed by atoms with Crippen molar-refractivity contribution in [1.29, 1.82) is 0 Å². The van der Waals surface area contributed by atoms with Gasteiger partial charge in [0.2, 0.25) is 0 Å². The van der Waals surface area contributed by atoms with Gasteiger partial charge in [-0.2, -0.15) is 0 Å². The van der Waals surface area contributed by atoms with E-state index >= 15 is 0 Å². The van der Waals surface area contributed by atoms with Crippen molar-refractivity contribution in [3.63, 3.8) is 0 Å². The lowest BCUT2D eigenvalue weighted by Crippen LogP contribution is -2.01. The van der Waals surface area contributed by atoms with Gasteiger partial charge in [0.25, 0.3) is 0 Å². The first-order valence-corrected chi connectivity index (χ1v) is 5.43. The monoisotopic (exact) mass is 209 g/mol. The van der Waals surface area contributed by atoms with Crippen LogP contribution < -0.4 is 10.6 Å². The molecular weight excluding hydrogens is 190 g/mol. The lowest BCUT2D eigenvalue weighted by atomic mass is 10.2. The van der Waals surface area contributed by atoms with Gasteiger partial charge in [-0.25, -0.2) is 5.90 Å². The molecule has 15 heavy (non-hydrogen) atoms. The van der Waals surface area contributed by atoms with Crippen molar-refractivity contribution in [2.75, 3.05) is 13.2 Å². The molecule has 0 amide bonds. The van der Waals surface area contributed by atoms with Gasteiger partial charge in [0.15, 0.2) is 0 Å². The van der Waals surface area contributed by atoms with Gasteiger partial charge in [0, 0.05) is 0 Å². The van der Waals surface area contributed by atoms with Gasteiger partial charge in [-0.15, -0.1) is 0 Å². The van der Waals surface area contributed by atoms with Gasteiger partial charge in [0.1, 0.15) is 5.75 Å². The fourth-order valence-corrected chi connectivity index (χ4v) is 1.35. The van der Waals surface area contributed by atoms with Crippen LogP contribution in [0.25, 0.3) is 0 Å². The molecule has 0 spiro atoms. The Morgan fingerprint density at radius 2 is 1.53 bits per heavy atom. The third-order valence-electron chi connectivity index (χ3n) is 2.17. The van der Waals surface area contributed by atoms with Crippen LogP contribution in [-0.4, -0.2) is 13.2 Å². The van der Waals surface area contributed by atoms with Crippen molar-refractivity contribution in [2.24, 2.45) is 5.90 Å². The van der Waals surface area contributed by atoms with Crippen molar-refractivity contribution < 1.29 is 9.57 Å². The molecule has 0 saturated carbocycles. The Labute approximate surface area is 91.1 Å². The van der Waals surface area contributed by atoms with E-state index in [9.17, 15) is 0 Å². The second-order valence-corrected chi connectivity index (χ2v) is 3.45. The molecule has 1 aromatic rings. The minimum absolute atomic E-state index is 0.652. The number of hydrogen-bond acceptors (Lipinski definition) is 3. The largest absolute Gasteiger partial charge is 0.494 e. The molecule has 0 fully saturated rings. The summed E-state index contributed by atoms with van der Waals surface area (Å²) in [5, 5.41) is 0. The second kappa shape index (κ2) is 8.26.